The van der Waals surface area contributed by atoms with E-state index in [1.807, 2.05) is 0 Å². The highest BCUT2D eigenvalue weighted by atomic mass is 19.1. The molecule has 0 radical (unpaired) electrons. The van der Waals surface area contributed by atoms with E-state index in [-0.39, 0.29) is 0 Å². The van der Waals surface area contributed by atoms with Crippen molar-refractivity contribution in [2.24, 2.45) is 0 Å². The zero-order valence-electron chi connectivity index (χ0n) is 8.38. The maximum Gasteiger partial charge on any atom is 0.330 e. The normalized spacial score (nSPS) is 11.3. The highest BCUT2D eigenvalue weighted by molar-refractivity contribution is 5.90. The Morgan fingerprint density at radius 3 is 2.27 bits per heavy atom. The molecule has 0 bridgehead atoms. The Bertz CT molecular complexity index is 391. The first-order valence-electron chi connectivity index (χ1n) is 4.25. The lowest BCUT2D eigenvalue weighted by Gasteiger charge is -2.01. The van der Waals surface area contributed by atoms with E-state index in [2.05, 4.69) is 4.74 Å². The van der Waals surface area contributed by atoms with E-state index in [4.69, 9.17) is 0 Å². The van der Waals surface area contributed by atoms with Crippen LogP contribution >= 0.6 is 0 Å². The summed E-state index contributed by atoms with van der Waals surface area (Å²) in [6, 6.07) is 3.07. The molecule has 0 spiro atoms. The second-order valence-electron chi connectivity index (χ2n) is 3.01. The van der Waals surface area contributed by atoms with Crippen molar-refractivity contribution in [3.63, 3.8) is 0 Å². The van der Waals surface area contributed by atoms with Crippen molar-refractivity contribution < 1.29 is 18.3 Å². The summed E-state index contributed by atoms with van der Waals surface area (Å²) in [5, 5.41) is 0. The van der Waals surface area contributed by atoms with E-state index in [0.717, 1.165) is 18.2 Å². The Kier molecular flexibility index (Phi) is 3.55. The fourth-order valence-corrected chi connectivity index (χ4v) is 1.10. The molecule has 0 heterocycles. The van der Waals surface area contributed by atoms with Crippen LogP contribution in [0.4, 0.5) is 8.78 Å². The minimum atomic E-state index is -0.678. The lowest BCUT2D eigenvalue weighted by Crippen LogP contribution is -1.96. The van der Waals surface area contributed by atoms with Crippen molar-refractivity contribution in [1.29, 1.82) is 0 Å². The Labute approximate surface area is 86.2 Å². The molecular weight excluding hydrogens is 202 g/mol. The van der Waals surface area contributed by atoms with Crippen LogP contribution in [0.5, 0.6) is 0 Å². The van der Waals surface area contributed by atoms with E-state index in [9.17, 15) is 13.6 Å². The van der Waals surface area contributed by atoms with E-state index >= 15 is 0 Å². The zero-order valence-corrected chi connectivity index (χ0v) is 8.38. The smallest absolute Gasteiger partial charge is 0.330 e. The molecule has 0 aliphatic heterocycles. The number of benzene rings is 1. The minimum absolute atomic E-state index is 0.318. The molecule has 1 aromatic rings. The maximum absolute atomic E-state index is 12.8. The van der Waals surface area contributed by atoms with Gasteiger partial charge in [-0.05, 0) is 30.2 Å². The molecule has 0 N–H and O–H groups in total. The number of hydrogen-bond donors (Lipinski definition) is 0. The second kappa shape index (κ2) is 4.68. The number of rotatable bonds is 2. The third kappa shape index (κ3) is 3.16. The highest BCUT2D eigenvalue weighted by Crippen LogP contribution is 2.16. The summed E-state index contributed by atoms with van der Waals surface area (Å²) >= 11 is 0. The van der Waals surface area contributed by atoms with Gasteiger partial charge in [0.25, 0.3) is 0 Å². The zero-order chi connectivity index (χ0) is 11.4. The van der Waals surface area contributed by atoms with Crippen molar-refractivity contribution in [2.45, 2.75) is 6.92 Å². The monoisotopic (exact) mass is 212 g/mol. The van der Waals surface area contributed by atoms with Gasteiger partial charge in [-0.3, -0.25) is 0 Å². The summed E-state index contributed by atoms with van der Waals surface area (Å²) in [4.78, 5) is 10.9. The molecule has 0 aliphatic carbocycles. The van der Waals surface area contributed by atoms with Crippen LogP contribution in [0.15, 0.2) is 24.3 Å². The van der Waals surface area contributed by atoms with Crippen LogP contribution in [0.1, 0.15) is 12.5 Å². The molecule has 2 nitrogen and oxygen atoms in total. The fourth-order valence-electron chi connectivity index (χ4n) is 1.10. The quantitative estimate of drug-likeness (QED) is 0.556. The molecule has 4 heteroatoms. The molecular formula is C11H10F2O2. The molecule has 0 unspecified atom stereocenters. The summed E-state index contributed by atoms with van der Waals surface area (Å²) in [7, 11) is 1.23. The van der Waals surface area contributed by atoms with Crippen molar-refractivity contribution in [3.05, 3.63) is 41.5 Å². The number of halogens is 2. The third-order valence-electron chi connectivity index (χ3n) is 1.85. The number of esters is 1. The highest BCUT2D eigenvalue weighted by Gasteiger charge is 2.04. The van der Waals surface area contributed by atoms with Gasteiger partial charge in [-0.15, -0.1) is 0 Å². The SMILES string of the molecule is COC(=O)/C=C(/C)c1cc(F)cc(F)c1. The van der Waals surface area contributed by atoms with E-state index in [0.29, 0.717) is 11.1 Å². The van der Waals surface area contributed by atoms with Gasteiger partial charge in [0.1, 0.15) is 11.6 Å². The second-order valence-corrected chi connectivity index (χ2v) is 3.01. The predicted molar refractivity (Wildman–Crippen MR) is 52.0 cm³/mol. The Morgan fingerprint density at radius 2 is 1.80 bits per heavy atom. The van der Waals surface area contributed by atoms with Gasteiger partial charge in [-0.25, -0.2) is 13.6 Å². The Hall–Kier alpha value is -1.71. The van der Waals surface area contributed by atoms with Crippen LogP contribution in [-0.2, 0) is 9.53 Å². The average Bonchev–Trinajstić information content (AvgIpc) is 2.16. The first kappa shape index (κ1) is 11.4. The van der Waals surface area contributed by atoms with Gasteiger partial charge in [0.2, 0.25) is 0 Å². The van der Waals surface area contributed by atoms with E-state index in [1.54, 1.807) is 6.92 Å². The topological polar surface area (TPSA) is 26.3 Å². The summed E-state index contributed by atoms with van der Waals surface area (Å²) in [5.74, 6) is -1.91. The van der Waals surface area contributed by atoms with Crippen LogP contribution < -0.4 is 0 Å². The summed E-state index contributed by atoms with van der Waals surface area (Å²) in [6.45, 7) is 1.57. The minimum Gasteiger partial charge on any atom is -0.466 e. The first-order chi connectivity index (χ1) is 7.02. The van der Waals surface area contributed by atoms with Crippen molar-refractivity contribution in [1.82, 2.24) is 0 Å². The third-order valence-corrected chi connectivity index (χ3v) is 1.85. The number of methoxy groups -OCH3 is 1. The van der Waals surface area contributed by atoms with Gasteiger partial charge < -0.3 is 4.74 Å². The van der Waals surface area contributed by atoms with Gasteiger partial charge in [0.05, 0.1) is 7.11 Å². The van der Waals surface area contributed by atoms with Crippen molar-refractivity contribution >= 4 is 11.5 Å². The van der Waals surface area contributed by atoms with Gasteiger partial charge in [0, 0.05) is 12.1 Å². The van der Waals surface area contributed by atoms with Crippen LogP contribution in [0.3, 0.4) is 0 Å². The summed E-state index contributed by atoms with van der Waals surface area (Å²) in [6.07, 6.45) is 1.17. The molecule has 0 aliphatic rings. The maximum atomic E-state index is 12.8. The van der Waals surface area contributed by atoms with Crippen molar-refractivity contribution in [2.75, 3.05) is 7.11 Å². The van der Waals surface area contributed by atoms with Gasteiger partial charge in [-0.1, -0.05) is 0 Å². The molecule has 1 aromatic carbocycles. The standard InChI is InChI=1S/C11H10F2O2/c1-7(3-11(14)15-2)8-4-9(12)6-10(13)5-8/h3-6H,1-2H3/b7-3-. The molecule has 0 atom stereocenters. The molecule has 0 fully saturated rings. The summed E-state index contributed by atoms with van der Waals surface area (Å²) in [5.41, 5.74) is 0.762. The molecule has 1 rings (SSSR count). The van der Waals surface area contributed by atoms with Crippen LogP contribution in [-0.4, -0.2) is 13.1 Å². The number of allylic oxidation sites excluding steroid dienone is 1. The van der Waals surface area contributed by atoms with Crippen LogP contribution in [0, 0.1) is 11.6 Å². The van der Waals surface area contributed by atoms with Gasteiger partial charge >= 0.3 is 5.97 Å². The molecule has 80 valence electrons. The largest absolute Gasteiger partial charge is 0.466 e. The number of carbonyl (C=O) groups is 1. The Balaban J connectivity index is 3.05. The summed E-state index contributed by atoms with van der Waals surface area (Å²) < 4.78 is 30.0. The van der Waals surface area contributed by atoms with Gasteiger partial charge in [-0.2, -0.15) is 0 Å². The molecule has 0 saturated heterocycles. The average molecular weight is 212 g/mol. The molecule has 0 aromatic heterocycles. The van der Waals surface area contributed by atoms with Gasteiger partial charge in [0.15, 0.2) is 0 Å². The number of carbonyl (C=O) groups excluding carboxylic acids is 1. The van der Waals surface area contributed by atoms with Crippen molar-refractivity contribution in [3.8, 4) is 0 Å². The fraction of sp³-hybridized carbons (Fsp3) is 0.182. The molecule has 15 heavy (non-hydrogen) atoms. The lowest BCUT2D eigenvalue weighted by atomic mass is 10.1. The number of hydrogen-bond acceptors (Lipinski definition) is 2. The van der Waals surface area contributed by atoms with Crippen LogP contribution in [0.2, 0.25) is 0 Å². The van der Waals surface area contributed by atoms with E-state index < -0.39 is 17.6 Å². The number of ether oxygens (including phenoxy) is 1. The predicted octanol–water partition coefficient (Wildman–Crippen LogP) is 2.54. The lowest BCUT2D eigenvalue weighted by molar-refractivity contribution is -0.134. The molecule has 0 amide bonds. The van der Waals surface area contributed by atoms with E-state index in [1.165, 1.54) is 13.2 Å². The first-order valence-corrected chi connectivity index (χ1v) is 4.25. The molecule has 0 saturated carbocycles. The Morgan fingerprint density at radius 1 is 1.27 bits per heavy atom. The van der Waals surface area contributed by atoms with Crippen LogP contribution in [0.25, 0.3) is 5.57 Å².